The number of anilines is 1. The van der Waals surface area contributed by atoms with Gasteiger partial charge in [-0.25, -0.2) is 4.39 Å². The Morgan fingerprint density at radius 1 is 1.43 bits per heavy atom. The minimum absolute atomic E-state index is 0. The number of H-pyrrole nitrogens is 1. The lowest BCUT2D eigenvalue weighted by Crippen LogP contribution is -1.87. The molecule has 0 unspecified atom stereocenters. The monoisotopic (exact) mass is 214 g/mol. The van der Waals surface area contributed by atoms with Gasteiger partial charge in [0.25, 0.3) is 0 Å². The third-order valence-corrected chi connectivity index (χ3v) is 1.61. The van der Waals surface area contributed by atoms with E-state index < -0.39 is 5.82 Å². The summed E-state index contributed by atoms with van der Waals surface area (Å²) in [6.45, 7) is 0. The highest BCUT2D eigenvalue weighted by atomic mass is 35.5. The van der Waals surface area contributed by atoms with Gasteiger partial charge < -0.3 is 5.73 Å². The van der Waals surface area contributed by atoms with E-state index in [0.717, 1.165) is 0 Å². The molecule has 0 aliphatic rings. The van der Waals surface area contributed by atoms with Crippen LogP contribution >= 0.6 is 12.4 Å². The Balaban J connectivity index is 0.000000980. The first-order valence-electron chi connectivity index (χ1n) is 3.69. The Hall–Kier alpha value is -1.62. The molecule has 4 nitrogen and oxygen atoms in total. The van der Waals surface area contributed by atoms with Crippen LogP contribution in [0.25, 0.3) is 11.4 Å². The molecule has 2 heterocycles. The summed E-state index contributed by atoms with van der Waals surface area (Å²) in [7, 11) is 0. The van der Waals surface area contributed by atoms with Crippen LogP contribution in [0.5, 0.6) is 0 Å². The van der Waals surface area contributed by atoms with Crippen molar-refractivity contribution in [2.75, 3.05) is 5.73 Å². The Labute approximate surface area is 85.8 Å². The van der Waals surface area contributed by atoms with Crippen molar-refractivity contribution in [2.45, 2.75) is 0 Å². The molecule has 0 fully saturated rings. The maximum atomic E-state index is 13.1. The average molecular weight is 215 g/mol. The molecule has 2 aromatic rings. The first-order valence-corrected chi connectivity index (χ1v) is 3.69. The van der Waals surface area contributed by atoms with Crippen LogP contribution in [0.4, 0.5) is 10.2 Å². The van der Waals surface area contributed by atoms with Crippen LogP contribution in [-0.2, 0) is 0 Å². The van der Waals surface area contributed by atoms with Gasteiger partial charge in [-0.3, -0.25) is 10.1 Å². The number of aromatic nitrogens is 3. The number of nitrogens with zero attached hydrogens (tertiary/aromatic N) is 2. The molecule has 3 N–H and O–H groups in total. The fraction of sp³-hybridized carbons (Fsp3) is 0. The maximum absolute atomic E-state index is 13.1. The van der Waals surface area contributed by atoms with Crippen LogP contribution in [0.3, 0.4) is 0 Å². The summed E-state index contributed by atoms with van der Waals surface area (Å²) in [4.78, 5) is 3.86. The second kappa shape index (κ2) is 4.06. The molecule has 0 bridgehead atoms. The summed E-state index contributed by atoms with van der Waals surface area (Å²) in [6.07, 6.45) is 1.51. The van der Waals surface area contributed by atoms with E-state index in [2.05, 4.69) is 15.2 Å². The average Bonchev–Trinajstić information content (AvgIpc) is 2.53. The molecule has 0 aliphatic heterocycles. The van der Waals surface area contributed by atoms with Crippen molar-refractivity contribution >= 4 is 18.2 Å². The molecule has 2 aromatic heterocycles. The van der Waals surface area contributed by atoms with Crippen molar-refractivity contribution in [2.24, 2.45) is 0 Å². The Morgan fingerprint density at radius 2 is 2.21 bits per heavy atom. The van der Waals surface area contributed by atoms with E-state index in [4.69, 9.17) is 5.73 Å². The van der Waals surface area contributed by atoms with Crippen molar-refractivity contribution in [1.29, 1.82) is 0 Å². The SMILES string of the molecule is Cl.Nc1cc(-c2ncccc2F)[nH]n1. The minimum atomic E-state index is -0.397. The summed E-state index contributed by atoms with van der Waals surface area (Å²) in [6, 6.07) is 4.39. The zero-order valence-electron chi connectivity index (χ0n) is 7.07. The summed E-state index contributed by atoms with van der Waals surface area (Å²) in [5.41, 5.74) is 6.08. The fourth-order valence-electron chi connectivity index (χ4n) is 1.04. The predicted octanol–water partition coefficient (Wildman–Crippen LogP) is 1.61. The number of hydrogen-bond acceptors (Lipinski definition) is 3. The Kier molecular flexibility index (Phi) is 3.03. The van der Waals surface area contributed by atoms with Gasteiger partial charge in [0.05, 0.1) is 5.69 Å². The highest BCUT2D eigenvalue weighted by Gasteiger charge is 2.07. The molecular weight excluding hydrogens is 207 g/mol. The number of nitrogens with one attached hydrogen (secondary N) is 1. The van der Waals surface area contributed by atoms with Crippen molar-refractivity contribution in [3.63, 3.8) is 0 Å². The molecule has 0 spiro atoms. The van der Waals surface area contributed by atoms with Crippen LogP contribution in [0.2, 0.25) is 0 Å². The summed E-state index contributed by atoms with van der Waals surface area (Å²) in [5, 5.41) is 6.27. The maximum Gasteiger partial charge on any atom is 0.151 e. The van der Waals surface area contributed by atoms with Crippen molar-refractivity contribution in [3.8, 4) is 11.4 Å². The van der Waals surface area contributed by atoms with Crippen molar-refractivity contribution < 1.29 is 4.39 Å². The smallest absolute Gasteiger partial charge is 0.151 e. The van der Waals surface area contributed by atoms with Crippen LogP contribution < -0.4 is 5.73 Å². The molecular formula is C8H8ClFN4. The third kappa shape index (κ3) is 1.82. The molecule has 14 heavy (non-hydrogen) atoms. The number of nitrogens with two attached hydrogens (primary N) is 1. The third-order valence-electron chi connectivity index (χ3n) is 1.61. The molecule has 0 amide bonds. The largest absolute Gasteiger partial charge is 0.382 e. The summed E-state index contributed by atoms with van der Waals surface area (Å²) < 4.78 is 13.1. The van der Waals surface area contributed by atoms with E-state index in [0.29, 0.717) is 11.5 Å². The van der Waals surface area contributed by atoms with Gasteiger partial charge in [-0.2, -0.15) is 5.10 Å². The first kappa shape index (κ1) is 10.5. The first-order chi connectivity index (χ1) is 6.27. The van der Waals surface area contributed by atoms with Gasteiger partial charge in [0, 0.05) is 12.3 Å². The topological polar surface area (TPSA) is 67.6 Å². The summed E-state index contributed by atoms with van der Waals surface area (Å²) >= 11 is 0. The number of hydrogen-bond donors (Lipinski definition) is 2. The number of nitrogen functional groups attached to an aromatic ring is 1. The van der Waals surface area contributed by atoms with E-state index in [1.807, 2.05) is 0 Å². The number of rotatable bonds is 1. The summed E-state index contributed by atoms with van der Waals surface area (Å²) in [5.74, 6) is -0.0776. The highest BCUT2D eigenvalue weighted by molar-refractivity contribution is 5.85. The van der Waals surface area contributed by atoms with Crippen molar-refractivity contribution in [1.82, 2.24) is 15.2 Å². The van der Waals surface area contributed by atoms with Gasteiger partial charge in [-0.1, -0.05) is 0 Å². The van der Waals surface area contributed by atoms with E-state index in [1.54, 1.807) is 0 Å². The quantitative estimate of drug-likeness (QED) is 0.758. The molecule has 0 saturated heterocycles. The minimum Gasteiger partial charge on any atom is -0.382 e. The molecule has 2 rings (SSSR count). The Bertz CT molecular complexity index is 429. The molecule has 74 valence electrons. The second-order valence-electron chi connectivity index (χ2n) is 2.54. The molecule has 0 aromatic carbocycles. The van der Waals surface area contributed by atoms with Gasteiger partial charge in [0.1, 0.15) is 11.5 Å². The lowest BCUT2D eigenvalue weighted by Gasteiger charge is -1.95. The lowest BCUT2D eigenvalue weighted by molar-refractivity contribution is 0.625. The number of halogens is 2. The van der Waals surface area contributed by atoms with Crippen LogP contribution in [-0.4, -0.2) is 15.2 Å². The van der Waals surface area contributed by atoms with Crippen LogP contribution in [0.15, 0.2) is 24.4 Å². The van der Waals surface area contributed by atoms with Gasteiger partial charge in [0.2, 0.25) is 0 Å². The van der Waals surface area contributed by atoms with Crippen LogP contribution in [0, 0.1) is 5.82 Å². The van der Waals surface area contributed by atoms with Gasteiger partial charge in [-0.05, 0) is 12.1 Å². The molecule has 0 saturated carbocycles. The molecule has 0 aliphatic carbocycles. The zero-order chi connectivity index (χ0) is 9.26. The fourth-order valence-corrected chi connectivity index (χ4v) is 1.04. The van der Waals surface area contributed by atoms with E-state index in [9.17, 15) is 4.39 Å². The molecule has 0 radical (unpaired) electrons. The lowest BCUT2D eigenvalue weighted by atomic mass is 10.2. The Morgan fingerprint density at radius 3 is 2.79 bits per heavy atom. The molecule has 0 atom stereocenters. The van der Waals surface area contributed by atoms with Gasteiger partial charge in [-0.15, -0.1) is 12.4 Å². The zero-order valence-corrected chi connectivity index (χ0v) is 7.88. The van der Waals surface area contributed by atoms with E-state index in [1.165, 1.54) is 24.4 Å². The highest BCUT2D eigenvalue weighted by Crippen LogP contribution is 2.18. The molecule has 6 heteroatoms. The normalized spacial score (nSPS) is 9.50. The predicted molar refractivity (Wildman–Crippen MR) is 53.4 cm³/mol. The standard InChI is InChI=1S/C8H7FN4.ClH/c9-5-2-1-3-11-8(5)6-4-7(10)13-12-6;/h1-4H,(H3,10,12,13);1H. The number of aromatic amines is 1. The number of pyridine rings is 1. The van der Waals surface area contributed by atoms with E-state index in [-0.39, 0.29) is 18.1 Å². The second-order valence-corrected chi connectivity index (χ2v) is 2.54. The van der Waals surface area contributed by atoms with Crippen molar-refractivity contribution in [3.05, 3.63) is 30.2 Å². The van der Waals surface area contributed by atoms with Gasteiger partial charge >= 0.3 is 0 Å². The van der Waals surface area contributed by atoms with E-state index >= 15 is 0 Å². The van der Waals surface area contributed by atoms with Crippen LogP contribution in [0.1, 0.15) is 0 Å². The van der Waals surface area contributed by atoms with Gasteiger partial charge in [0.15, 0.2) is 5.82 Å².